The number of nitrogens with zero attached hydrogens (tertiary/aromatic N) is 3. The lowest BCUT2D eigenvalue weighted by molar-refractivity contribution is -0.113. The van der Waals surface area contributed by atoms with E-state index in [1.807, 2.05) is 19.9 Å². The summed E-state index contributed by atoms with van der Waals surface area (Å²) in [7, 11) is 0. The Kier molecular flexibility index (Phi) is 6.02. The second-order valence-corrected chi connectivity index (χ2v) is 7.67. The minimum Gasteiger partial charge on any atom is -0.462 e. The van der Waals surface area contributed by atoms with Crippen LogP contribution in [-0.2, 0) is 9.53 Å². The summed E-state index contributed by atoms with van der Waals surface area (Å²) in [5.41, 5.74) is 2.92. The van der Waals surface area contributed by atoms with Gasteiger partial charge in [0, 0.05) is 11.4 Å². The van der Waals surface area contributed by atoms with Crippen molar-refractivity contribution in [3.63, 3.8) is 0 Å². The zero-order valence-corrected chi connectivity index (χ0v) is 16.7. The number of hydrogen-bond acceptors (Lipinski definition) is 8. The van der Waals surface area contributed by atoms with Gasteiger partial charge < -0.3 is 10.1 Å². The largest absolute Gasteiger partial charge is 0.462 e. The van der Waals surface area contributed by atoms with E-state index in [9.17, 15) is 9.59 Å². The quantitative estimate of drug-likeness (QED) is 0.382. The highest BCUT2D eigenvalue weighted by Crippen LogP contribution is 2.27. The molecule has 0 aliphatic carbocycles. The van der Waals surface area contributed by atoms with Gasteiger partial charge in [0.05, 0.1) is 28.1 Å². The van der Waals surface area contributed by atoms with Crippen molar-refractivity contribution in [3.05, 3.63) is 41.2 Å². The molecule has 0 radical (unpaired) electrons. The Bertz CT molecular complexity index is 983. The van der Waals surface area contributed by atoms with Gasteiger partial charge >= 0.3 is 5.97 Å². The predicted molar refractivity (Wildman–Crippen MR) is 106 cm³/mol. The fourth-order valence-electron chi connectivity index (χ4n) is 2.36. The maximum absolute atomic E-state index is 12.2. The smallest absolute Gasteiger partial charge is 0.338 e. The number of aromatic nitrogens is 3. The fraction of sp³-hybridized carbons (Fsp3) is 0.278. The van der Waals surface area contributed by atoms with Crippen molar-refractivity contribution < 1.29 is 14.3 Å². The highest BCUT2D eigenvalue weighted by Gasteiger charge is 2.12. The average molecular weight is 403 g/mol. The van der Waals surface area contributed by atoms with Gasteiger partial charge in [-0.3, -0.25) is 4.79 Å². The van der Waals surface area contributed by atoms with E-state index in [1.54, 1.807) is 25.1 Å². The maximum atomic E-state index is 12.2. The zero-order chi connectivity index (χ0) is 19.4. The molecule has 9 heteroatoms. The maximum Gasteiger partial charge on any atom is 0.338 e. The number of esters is 1. The van der Waals surface area contributed by atoms with Gasteiger partial charge in [0.2, 0.25) is 5.91 Å². The number of rotatable bonds is 6. The third-order valence-corrected chi connectivity index (χ3v) is 5.22. The van der Waals surface area contributed by atoms with E-state index < -0.39 is 0 Å². The van der Waals surface area contributed by atoms with Crippen molar-refractivity contribution in [1.29, 1.82) is 0 Å². The van der Waals surface area contributed by atoms with Crippen LogP contribution >= 0.6 is 23.1 Å². The number of benzene rings is 1. The summed E-state index contributed by atoms with van der Waals surface area (Å²) in [5.74, 6) is -0.372. The van der Waals surface area contributed by atoms with Crippen LogP contribution in [0.3, 0.4) is 0 Å². The molecule has 0 aliphatic heterocycles. The van der Waals surface area contributed by atoms with E-state index in [4.69, 9.17) is 4.74 Å². The van der Waals surface area contributed by atoms with Crippen molar-refractivity contribution in [1.82, 2.24) is 15.0 Å². The molecule has 1 aromatic carbocycles. The number of carbonyl (C=O) groups excluding carboxylic acids is 2. The lowest BCUT2D eigenvalue weighted by atomic mass is 10.2. The molecule has 140 valence electrons. The molecule has 0 saturated heterocycles. The summed E-state index contributed by atoms with van der Waals surface area (Å²) < 4.78 is 5.81. The molecular formula is C18H18N4O3S2. The standard InChI is InChI=1S/C18H18N4O3S2/c1-4-25-16(24)12-5-6-13-14(8-12)27-18(21-13)22-15(23)9-26-17-19-10(2)7-11(3)20-17/h5-8H,4,9H2,1-3H3,(H,21,22,23). The summed E-state index contributed by atoms with van der Waals surface area (Å²) in [6.07, 6.45) is 0. The van der Waals surface area contributed by atoms with E-state index in [1.165, 1.54) is 23.1 Å². The molecule has 3 aromatic rings. The molecule has 0 unspecified atom stereocenters. The molecule has 2 aromatic heterocycles. The first-order valence-corrected chi connectivity index (χ1v) is 10.1. The number of ether oxygens (including phenoxy) is 1. The molecule has 0 spiro atoms. The van der Waals surface area contributed by atoms with E-state index in [-0.39, 0.29) is 17.6 Å². The molecule has 0 bridgehead atoms. The number of aryl methyl sites for hydroxylation is 2. The van der Waals surface area contributed by atoms with Crippen molar-refractivity contribution in [2.45, 2.75) is 25.9 Å². The van der Waals surface area contributed by atoms with Gasteiger partial charge in [-0.1, -0.05) is 23.1 Å². The summed E-state index contributed by atoms with van der Waals surface area (Å²) in [5, 5.41) is 3.84. The number of amides is 1. The summed E-state index contributed by atoms with van der Waals surface area (Å²) in [4.78, 5) is 37.0. The molecule has 0 aliphatic rings. The molecule has 1 amide bonds. The van der Waals surface area contributed by atoms with Crippen molar-refractivity contribution in [2.75, 3.05) is 17.7 Å². The Morgan fingerprint density at radius 2 is 1.89 bits per heavy atom. The molecule has 27 heavy (non-hydrogen) atoms. The number of thiazole rings is 1. The molecule has 3 rings (SSSR count). The summed E-state index contributed by atoms with van der Waals surface area (Å²) >= 11 is 2.59. The van der Waals surface area contributed by atoms with Gasteiger partial charge in [-0.25, -0.2) is 19.7 Å². The van der Waals surface area contributed by atoms with Crippen LogP contribution in [0, 0.1) is 13.8 Å². The first kappa shape index (κ1) is 19.2. The van der Waals surface area contributed by atoms with Crippen LogP contribution in [-0.4, -0.2) is 39.2 Å². The third kappa shape index (κ3) is 5.01. The second kappa shape index (κ2) is 8.45. The lowest BCUT2D eigenvalue weighted by Crippen LogP contribution is -2.14. The van der Waals surface area contributed by atoms with Gasteiger partial charge in [-0.2, -0.15) is 0 Å². The Morgan fingerprint density at radius 3 is 2.59 bits per heavy atom. The van der Waals surface area contributed by atoms with Crippen molar-refractivity contribution >= 4 is 50.3 Å². The minimum absolute atomic E-state index is 0.187. The van der Waals surface area contributed by atoms with Crippen LogP contribution in [0.5, 0.6) is 0 Å². The topological polar surface area (TPSA) is 94.1 Å². The van der Waals surface area contributed by atoms with Gasteiger partial charge in [0.15, 0.2) is 10.3 Å². The third-order valence-electron chi connectivity index (χ3n) is 3.44. The fourth-order valence-corrected chi connectivity index (χ4v) is 4.03. The first-order chi connectivity index (χ1) is 12.9. The van der Waals surface area contributed by atoms with Gasteiger partial charge in [0.1, 0.15) is 0 Å². The number of hydrogen-bond donors (Lipinski definition) is 1. The van der Waals surface area contributed by atoms with E-state index >= 15 is 0 Å². The van der Waals surface area contributed by atoms with Crippen molar-refractivity contribution in [2.24, 2.45) is 0 Å². The molecule has 0 saturated carbocycles. The second-order valence-electron chi connectivity index (χ2n) is 5.69. The van der Waals surface area contributed by atoms with E-state index in [0.29, 0.717) is 28.0 Å². The van der Waals surface area contributed by atoms with Crippen LogP contribution in [0.1, 0.15) is 28.7 Å². The molecule has 2 heterocycles. The normalized spacial score (nSPS) is 10.8. The van der Waals surface area contributed by atoms with Gasteiger partial charge in [0.25, 0.3) is 0 Å². The van der Waals surface area contributed by atoms with E-state index in [2.05, 4.69) is 20.3 Å². The average Bonchev–Trinajstić information content (AvgIpc) is 3.00. The Hall–Kier alpha value is -2.52. The van der Waals surface area contributed by atoms with Crippen LogP contribution in [0.2, 0.25) is 0 Å². The highest BCUT2D eigenvalue weighted by atomic mass is 32.2. The van der Waals surface area contributed by atoms with Crippen molar-refractivity contribution in [3.8, 4) is 0 Å². The lowest BCUT2D eigenvalue weighted by Gasteiger charge is -2.03. The number of carbonyl (C=O) groups is 2. The number of thioether (sulfide) groups is 1. The van der Waals surface area contributed by atoms with Crippen LogP contribution in [0.4, 0.5) is 5.13 Å². The SMILES string of the molecule is CCOC(=O)c1ccc2nc(NC(=O)CSc3nc(C)cc(C)n3)sc2c1. The predicted octanol–water partition coefficient (Wildman–Crippen LogP) is 3.61. The Balaban J connectivity index is 1.65. The van der Waals surface area contributed by atoms with Gasteiger partial charge in [-0.05, 0) is 45.0 Å². The molecule has 0 fully saturated rings. The van der Waals surface area contributed by atoms with Crippen LogP contribution in [0.25, 0.3) is 10.2 Å². The minimum atomic E-state index is -0.372. The highest BCUT2D eigenvalue weighted by molar-refractivity contribution is 7.99. The molecule has 1 N–H and O–H groups in total. The molecule has 7 nitrogen and oxygen atoms in total. The Labute approximate surface area is 164 Å². The van der Waals surface area contributed by atoms with Crippen LogP contribution < -0.4 is 5.32 Å². The first-order valence-electron chi connectivity index (χ1n) is 8.27. The van der Waals surface area contributed by atoms with Crippen LogP contribution in [0.15, 0.2) is 29.4 Å². The summed E-state index contributed by atoms with van der Waals surface area (Å²) in [6, 6.07) is 7.01. The molecular weight excluding hydrogens is 384 g/mol. The number of nitrogens with one attached hydrogen (secondary N) is 1. The number of anilines is 1. The Morgan fingerprint density at radius 1 is 1.15 bits per heavy atom. The monoisotopic (exact) mass is 402 g/mol. The number of fused-ring (bicyclic) bond motifs is 1. The van der Waals surface area contributed by atoms with Gasteiger partial charge in [-0.15, -0.1) is 0 Å². The summed E-state index contributed by atoms with van der Waals surface area (Å²) in [6.45, 7) is 5.87. The van der Waals surface area contributed by atoms with E-state index in [0.717, 1.165) is 16.1 Å². The molecule has 0 atom stereocenters. The zero-order valence-electron chi connectivity index (χ0n) is 15.1.